The van der Waals surface area contributed by atoms with Gasteiger partial charge < -0.3 is 14.9 Å². The molecule has 0 saturated heterocycles. The highest BCUT2D eigenvalue weighted by Gasteiger charge is 2.48. The molecular formula is C15H14FN3O4. The van der Waals surface area contributed by atoms with Crippen LogP contribution in [0.1, 0.15) is 25.3 Å². The maximum Gasteiger partial charge on any atom is 0.307 e. The summed E-state index contributed by atoms with van der Waals surface area (Å²) in [5.74, 6) is -2.48. The van der Waals surface area contributed by atoms with Crippen molar-refractivity contribution in [3.05, 3.63) is 36.0 Å². The van der Waals surface area contributed by atoms with Gasteiger partial charge in [-0.3, -0.25) is 9.59 Å². The minimum atomic E-state index is -0.969. The molecule has 1 aliphatic carbocycles. The highest BCUT2D eigenvalue weighted by molar-refractivity contribution is 5.89. The third-order valence-corrected chi connectivity index (χ3v) is 3.70. The van der Waals surface area contributed by atoms with Crippen LogP contribution in [0.15, 0.2) is 28.8 Å². The highest BCUT2D eigenvalue weighted by atomic mass is 19.1. The van der Waals surface area contributed by atoms with Crippen molar-refractivity contribution in [2.45, 2.75) is 19.4 Å². The van der Waals surface area contributed by atoms with E-state index >= 15 is 0 Å². The number of rotatable bonds is 5. The zero-order valence-electron chi connectivity index (χ0n) is 12.2. The number of carboxylic acid groups (broad SMARTS) is 1. The van der Waals surface area contributed by atoms with Crippen LogP contribution < -0.4 is 5.32 Å². The molecule has 2 N–H and O–H groups in total. The first-order valence-corrected chi connectivity index (χ1v) is 7.08. The van der Waals surface area contributed by atoms with Gasteiger partial charge in [0.15, 0.2) is 0 Å². The van der Waals surface area contributed by atoms with Crippen LogP contribution >= 0.6 is 0 Å². The van der Waals surface area contributed by atoms with Crippen LogP contribution in [0.3, 0.4) is 0 Å². The molecule has 120 valence electrons. The minimum absolute atomic E-state index is 0.171. The van der Waals surface area contributed by atoms with Crippen molar-refractivity contribution < 1.29 is 23.6 Å². The van der Waals surface area contributed by atoms with Crippen molar-refractivity contribution in [1.82, 2.24) is 15.5 Å². The number of nitrogens with zero attached hydrogens (tertiary/aromatic N) is 2. The Morgan fingerprint density at radius 2 is 2.22 bits per heavy atom. The maximum absolute atomic E-state index is 13.2. The molecule has 0 bridgehead atoms. The number of hydrogen-bond donors (Lipinski definition) is 2. The van der Waals surface area contributed by atoms with E-state index in [1.54, 1.807) is 13.0 Å². The Balaban J connectivity index is 1.66. The summed E-state index contributed by atoms with van der Waals surface area (Å²) in [5.41, 5.74) is 0.465. The molecule has 1 amide bonds. The van der Waals surface area contributed by atoms with Gasteiger partial charge in [-0.15, -0.1) is 0 Å². The fourth-order valence-corrected chi connectivity index (χ4v) is 2.30. The van der Waals surface area contributed by atoms with Gasteiger partial charge in [-0.1, -0.05) is 17.3 Å². The molecule has 1 saturated carbocycles. The summed E-state index contributed by atoms with van der Waals surface area (Å²) < 4.78 is 18.3. The SMILES string of the molecule is C[C@H](NC(=O)[C@@H]1C[C@H]1C(=O)O)c1nc(-c2cccc(F)c2)no1. The number of carboxylic acids is 1. The molecule has 23 heavy (non-hydrogen) atoms. The number of amides is 1. The number of aromatic nitrogens is 2. The lowest BCUT2D eigenvalue weighted by atomic mass is 10.2. The van der Waals surface area contributed by atoms with E-state index < -0.39 is 29.7 Å². The largest absolute Gasteiger partial charge is 0.481 e. The van der Waals surface area contributed by atoms with Gasteiger partial charge in [0.05, 0.1) is 11.8 Å². The number of nitrogens with one attached hydrogen (secondary N) is 1. The molecule has 0 radical (unpaired) electrons. The Hall–Kier alpha value is -2.77. The van der Waals surface area contributed by atoms with Crippen LogP contribution in [-0.4, -0.2) is 27.1 Å². The van der Waals surface area contributed by atoms with Crippen molar-refractivity contribution in [3.63, 3.8) is 0 Å². The lowest BCUT2D eigenvalue weighted by Crippen LogP contribution is -2.29. The fourth-order valence-electron chi connectivity index (χ4n) is 2.30. The minimum Gasteiger partial charge on any atom is -0.481 e. The molecule has 1 aromatic carbocycles. The number of carbonyl (C=O) groups is 2. The van der Waals surface area contributed by atoms with Crippen molar-refractivity contribution in [2.75, 3.05) is 0 Å². The van der Waals surface area contributed by atoms with Crippen LogP contribution in [0.4, 0.5) is 4.39 Å². The number of hydrogen-bond acceptors (Lipinski definition) is 5. The molecule has 0 spiro atoms. The average molecular weight is 319 g/mol. The zero-order chi connectivity index (χ0) is 16.6. The van der Waals surface area contributed by atoms with Gasteiger partial charge in [0.2, 0.25) is 17.6 Å². The number of halogens is 1. The first-order valence-electron chi connectivity index (χ1n) is 7.08. The predicted octanol–water partition coefficient (Wildman–Crippen LogP) is 1.77. The molecule has 1 aliphatic rings. The summed E-state index contributed by atoms with van der Waals surface area (Å²) in [6.07, 6.45) is 0.340. The van der Waals surface area contributed by atoms with E-state index in [2.05, 4.69) is 15.5 Å². The van der Waals surface area contributed by atoms with Gasteiger partial charge in [-0.2, -0.15) is 4.98 Å². The van der Waals surface area contributed by atoms with Crippen molar-refractivity contribution in [1.29, 1.82) is 0 Å². The molecule has 2 aromatic rings. The van der Waals surface area contributed by atoms with Crippen LogP contribution in [0, 0.1) is 17.7 Å². The van der Waals surface area contributed by atoms with E-state index in [1.807, 2.05) is 0 Å². The van der Waals surface area contributed by atoms with Gasteiger partial charge in [0.25, 0.3) is 0 Å². The van der Waals surface area contributed by atoms with E-state index in [0.29, 0.717) is 12.0 Å². The van der Waals surface area contributed by atoms with Gasteiger partial charge in [0, 0.05) is 5.56 Å². The monoisotopic (exact) mass is 319 g/mol. The molecule has 1 fully saturated rings. The third kappa shape index (κ3) is 3.20. The first-order chi connectivity index (χ1) is 11.0. The van der Waals surface area contributed by atoms with E-state index in [4.69, 9.17) is 9.63 Å². The topological polar surface area (TPSA) is 105 Å². The van der Waals surface area contributed by atoms with Gasteiger partial charge in [-0.25, -0.2) is 4.39 Å². The standard InChI is InChI=1S/C15H14FN3O4/c1-7(17-13(20)10-6-11(10)15(21)22)14-18-12(19-23-14)8-3-2-4-9(16)5-8/h2-5,7,10-11H,6H2,1H3,(H,17,20)(H,21,22)/t7-,10+,11+/m0/s1. The molecule has 3 rings (SSSR count). The molecule has 8 heteroatoms. The summed E-state index contributed by atoms with van der Waals surface area (Å²) in [6.45, 7) is 1.65. The third-order valence-electron chi connectivity index (χ3n) is 3.70. The highest BCUT2D eigenvalue weighted by Crippen LogP contribution is 2.39. The van der Waals surface area contributed by atoms with Gasteiger partial charge >= 0.3 is 5.97 Å². The first kappa shape index (κ1) is 15.1. The van der Waals surface area contributed by atoms with Crippen LogP contribution in [0.25, 0.3) is 11.4 Å². The number of benzene rings is 1. The molecule has 0 aliphatic heterocycles. The summed E-state index contributed by atoms with van der Waals surface area (Å²) in [6, 6.07) is 5.20. The molecule has 0 unspecified atom stereocenters. The summed E-state index contributed by atoms with van der Waals surface area (Å²) in [4.78, 5) is 26.8. The fraction of sp³-hybridized carbons (Fsp3) is 0.333. The molecule has 1 aromatic heterocycles. The second-order valence-electron chi connectivity index (χ2n) is 5.48. The van der Waals surface area contributed by atoms with E-state index in [9.17, 15) is 14.0 Å². The van der Waals surface area contributed by atoms with Crippen molar-refractivity contribution in [3.8, 4) is 11.4 Å². The molecular weight excluding hydrogens is 305 g/mol. The maximum atomic E-state index is 13.2. The van der Waals surface area contributed by atoms with E-state index in [-0.39, 0.29) is 17.6 Å². The molecule has 1 heterocycles. The lowest BCUT2D eigenvalue weighted by molar-refractivity contribution is -0.140. The average Bonchev–Trinajstić information content (AvgIpc) is 3.17. The van der Waals surface area contributed by atoms with Gasteiger partial charge in [0.1, 0.15) is 11.9 Å². The smallest absolute Gasteiger partial charge is 0.307 e. The Bertz CT molecular complexity index is 761. The summed E-state index contributed by atoms with van der Waals surface area (Å²) in [7, 11) is 0. The lowest BCUT2D eigenvalue weighted by Gasteiger charge is -2.08. The zero-order valence-corrected chi connectivity index (χ0v) is 12.2. The van der Waals surface area contributed by atoms with Gasteiger partial charge in [-0.05, 0) is 25.5 Å². The van der Waals surface area contributed by atoms with Crippen LogP contribution in [-0.2, 0) is 9.59 Å². The molecule has 3 atom stereocenters. The Labute approximate surface area is 130 Å². The van der Waals surface area contributed by atoms with Crippen LogP contribution in [0.5, 0.6) is 0 Å². The molecule has 7 nitrogen and oxygen atoms in total. The summed E-state index contributed by atoms with van der Waals surface area (Å²) >= 11 is 0. The second kappa shape index (κ2) is 5.79. The number of carbonyl (C=O) groups excluding carboxylic acids is 1. The van der Waals surface area contributed by atoms with E-state index in [0.717, 1.165) is 0 Å². The van der Waals surface area contributed by atoms with Crippen LogP contribution in [0.2, 0.25) is 0 Å². The van der Waals surface area contributed by atoms with Crippen molar-refractivity contribution >= 4 is 11.9 Å². The van der Waals surface area contributed by atoms with E-state index in [1.165, 1.54) is 18.2 Å². The van der Waals surface area contributed by atoms with Crippen molar-refractivity contribution in [2.24, 2.45) is 11.8 Å². The second-order valence-corrected chi connectivity index (χ2v) is 5.48. The quantitative estimate of drug-likeness (QED) is 0.870. The predicted molar refractivity (Wildman–Crippen MR) is 75.5 cm³/mol. The Morgan fingerprint density at radius 1 is 1.43 bits per heavy atom. The normalized spacial score (nSPS) is 20.8. The Kier molecular flexibility index (Phi) is 3.81. The Morgan fingerprint density at radius 3 is 2.87 bits per heavy atom. The summed E-state index contributed by atoms with van der Waals surface area (Å²) in [5, 5.41) is 15.2. The number of aliphatic carboxylic acids is 1.